The third-order valence-corrected chi connectivity index (χ3v) is 5.15. The van der Waals surface area contributed by atoms with Gasteiger partial charge in [0.2, 0.25) is 0 Å². The summed E-state index contributed by atoms with van der Waals surface area (Å²) in [4.78, 5) is 25.7. The van der Waals surface area contributed by atoms with Crippen molar-refractivity contribution in [1.82, 2.24) is 0 Å². The molecule has 3 aromatic rings. The van der Waals surface area contributed by atoms with Crippen molar-refractivity contribution in [3.63, 3.8) is 0 Å². The molecule has 0 spiro atoms. The Hall–Kier alpha value is -3.05. The zero-order valence-electron chi connectivity index (χ0n) is 15.8. The second kappa shape index (κ2) is 9.24. The smallest absolute Gasteiger partial charge is 0.255 e. The Labute approximate surface area is 168 Å². The highest BCUT2D eigenvalue weighted by Crippen LogP contribution is 2.23. The monoisotopic (exact) mass is 391 g/mol. The molecule has 0 saturated carbocycles. The number of methoxy groups -OCH3 is 1. The van der Waals surface area contributed by atoms with Gasteiger partial charge in [-0.05, 0) is 61.5 Å². The Balaban J connectivity index is 1.61. The van der Waals surface area contributed by atoms with E-state index in [2.05, 4.69) is 5.32 Å². The minimum Gasteiger partial charge on any atom is -0.497 e. The van der Waals surface area contributed by atoms with Crippen LogP contribution in [-0.4, -0.2) is 24.6 Å². The lowest BCUT2D eigenvalue weighted by atomic mass is 10.1. The number of ketones is 1. The van der Waals surface area contributed by atoms with E-state index in [1.54, 1.807) is 37.4 Å². The molecule has 1 amide bonds. The average molecular weight is 391 g/mol. The summed E-state index contributed by atoms with van der Waals surface area (Å²) in [6.07, 6.45) is 0. The number of thioether (sulfide) groups is 1. The molecule has 4 nitrogen and oxygen atoms in total. The van der Waals surface area contributed by atoms with Gasteiger partial charge in [-0.1, -0.05) is 23.8 Å². The van der Waals surface area contributed by atoms with Crippen molar-refractivity contribution in [3.8, 4) is 5.75 Å². The Kier molecular flexibility index (Phi) is 6.50. The van der Waals surface area contributed by atoms with Crippen LogP contribution in [-0.2, 0) is 0 Å². The summed E-state index contributed by atoms with van der Waals surface area (Å²) in [5.41, 5.74) is 3.01. The molecule has 5 heteroatoms. The molecule has 0 fully saturated rings. The molecule has 3 rings (SSSR count). The van der Waals surface area contributed by atoms with Crippen LogP contribution in [0.3, 0.4) is 0 Å². The van der Waals surface area contributed by atoms with Crippen LogP contribution in [0.5, 0.6) is 5.75 Å². The summed E-state index contributed by atoms with van der Waals surface area (Å²) in [7, 11) is 1.59. The summed E-state index contributed by atoms with van der Waals surface area (Å²) in [5.74, 6) is 0.935. The van der Waals surface area contributed by atoms with Crippen LogP contribution in [0.4, 0.5) is 5.69 Å². The Morgan fingerprint density at radius 3 is 2.39 bits per heavy atom. The van der Waals surface area contributed by atoms with E-state index in [0.717, 1.165) is 16.2 Å². The number of hydrogen-bond acceptors (Lipinski definition) is 4. The third-order valence-electron chi connectivity index (χ3n) is 4.15. The molecule has 0 heterocycles. The predicted octanol–water partition coefficient (Wildman–Crippen LogP) is 5.23. The average Bonchev–Trinajstić information content (AvgIpc) is 2.72. The van der Waals surface area contributed by atoms with E-state index in [1.807, 2.05) is 49.4 Å². The quantitative estimate of drug-likeness (QED) is 0.442. The topological polar surface area (TPSA) is 55.4 Å². The SMILES string of the molecule is COc1ccc(C(=O)CSc2cccc(NC(=O)c3cccc(C)c3)c2)cc1. The molecule has 0 unspecified atom stereocenters. The van der Waals surface area contributed by atoms with Crippen LogP contribution < -0.4 is 10.1 Å². The van der Waals surface area contributed by atoms with Gasteiger partial charge in [0.05, 0.1) is 12.9 Å². The zero-order valence-corrected chi connectivity index (χ0v) is 16.6. The van der Waals surface area contributed by atoms with Crippen LogP contribution >= 0.6 is 11.8 Å². The van der Waals surface area contributed by atoms with Gasteiger partial charge in [0.1, 0.15) is 5.75 Å². The number of aryl methyl sites for hydroxylation is 1. The maximum absolute atomic E-state index is 12.4. The first-order chi connectivity index (χ1) is 13.5. The molecule has 0 aliphatic heterocycles. The van der Waals surface area contributed by atoms with Gasteiger partial charge in [0.25, 0.3) is 5.91 Å². The van der Waals surface area contributed by atoms with Gasteiger partial charge in [-0.25, -0.2) is 0 Å². The largest absolute Gasteiger partial charge is 0.497 e. The molecule has 0 saturated heterocycles. The number of hydrogen-bond donors (Lipinski definition) is 1. The van der Waals surface area contributed by atoms with Gasteiger partial charge in [-0.15, -0.1) is 11.8 Å². The van der Waals surface area contributed by atoms with E-state index in [4.69, 9.17) is 4.74 Å². The number of amides is 1. The van der Waals surface area contributed by atoms with Gasteiger partial charge < -0.3 is 10.1 Å². The lowest BCUT2D eigenvalue weighted by Gasteiger charge is -2.08. The van der Waals surface area contributed by atoms with Crippen LogP contribution in [0.1, 0.15) is 26.3 Å². The first-order valence-electron chi connectivity index (χ1n) is 8.83. The minimum atomic E-state index is -0.153. The highest BCUT2D eigenvalue weighted by atomic mass is 32.2. The van der Waals surface area contributed by atoms with Gasteiger partial charge in [-0.2, -0.15) is 0 Å². The molecule has 28 heavy (non-hydrogen) atoms. The second-order valence-corrected chi connectivity index (χ2v) is 7.34. The fourth-order valence-corrected chi connectivity index (χ4v) is 3.51. The minimum absolute atomic E-state index is 0.0434. The Morgan fingerprint density at radius 1 is 0.929 bits per heavy atom. The first kappa shape index (κ1) is 19.7. The number of anilines is 1. The Morgan fingerprint density at radius 2 is 1.68 bits per heavy atom. The van der Waals surface area contributed by atoms with Crippen molar-refractivity contribution in [3.05, 3.63) is 89.5 Å². The summed E-state index contributed by atoms with van der Waals surface area (Å²) in [5, 5.41) is 2.91. The predicted molar refractivity (Wildman–Crippen MR) is 114 cm³/mol. The van der Waals surface area contributed by atoms with E-state index in [-0.39, 0.29) is 11.7 Å². The number of carbonyl (C=O) groups is 2. The first-order valence-corrected chi connectivity index (χ1v) is 9.82. The van der Waals surface area contributed by atoms with Gasteiger partial charge in [0, 0.05) is 21.7 Å². The van der Waals surface area contributed by atoms with Crippen molar-refractivity contribution in [2.75, 3.05) is 18.2 Å². The number of nitrogens with one attached hydrogen (secondary N) is 1. The Bertz CT molecular complexity index is 983. The zero-order chi connectivity index (χ0) is 19.9. The molecular weight excluding hydrogens is 370 g/mol. The normalized spacial score (nSPS) is 10.4. The van der Waals surface area contributed by atoms with E-state index in [0.29, 0.717) is 22.6 Å². The number of carbonyl (C=O) groups excluding carboxylic acids is 2. The standard InChI is InChI=1S/C23H21NO3S/c1-16-5-3-6-18(13-16)23(26)24-19-7-4-8-21(14-19)28-15-22(25)17-9-11-20(27-2)12-10-17/h3-14H,15H2,1-2H3,(H,24,26). The van der Waals surface area contributed by atoms with E-state index in [9.17, 15) is 9.59 Å². The molecule has 142 valence electrons. The fourth-order valence-electron chi connectivity index (χ4n) is 2.66. The number of benzene rings is 3. The fraction of sp³-hybridized carbons (Fsp3) is 0.130. The summed E-state index contributed by atoms with van der Waals surface area (Å²) in [6.45, 7) is 1.95. The second-order valence-electron chi connectivity index (χ2n) is 6.29. The van der Waals surface area contributed by atoms with Crippen molar-refractivity contribution >= 4 is 29.1 Å². The van der Waals surface area contributed by atoms with Crippen LogP contribution in [0.25, 0.3) is 0 Å². The molecule has 0 aromatic heterocycles. The molecular formula is C23H21NO3S. The van der Waals surface area contributed by atoms with E-state index in [1.165, 1.54) is 11.8 Å². The van der Waals surface area contributed by atoms with E-state index >= 15 is 0 Å². The van der Waals surface area contributed by atoms with Crippen molar-refractivity contribution < 1.29 is 14.3 Å². The molecule has 0 aliphatic rings. The summed E-state index contributed by atoms with van der Waals surface area (Å²) < 4.78 is 5.11. The molecule has 0 aliphatic carbocycles. The number of Topliss-reactive ketones (excluding diaryl/α,β-unsaturated/α-hetero) is 1. The van der Waals surface area contributed by atoms with Crippen molar-refractivity contribution in [2.45, 2.75) is 11.8 Å². The third kappa shape index (κ3) is 5.24. The maximum atomic E-state index is 12.4. The maximum Gasteiger partial charge on any atom is 0.255 e. The van der Waals surface area contributed by atoms with Crippen molar-refractivity contribution in [2.24, 2.45) is 0 Å². The molecule has 0 radical (unpaired) electrons. The summed E-state index contributed by atoms with van der Waals surface area (Å²) >= 11 is 1.44. The van der Waals surface area contributed by atoms with Crippen molar-refractivity contribution in [1.29, 1.82) is 0 Å². The molecule has 0 atom stereocenters. The molecule has 3 aromatic carbocycles. The van der Waals surface area contributed by atoms with Gasteiger partial charge >= 0.3 is 0 Å². The lowest BCUT2D eigenvalue weighted by Crippen LogP contribution is -2.11. The molecule has 1 N–H and O–H groups in total. The lowest BCUT2D eigenvalue weighted by molar-refractivity contribution is 0.101. The van der Waals surface area contributed by atoms with Gasteiger partial charge in [0.15, 0.2) is 5.78 Å². The van der Waals surface area contributed by atoms with Crippen LogP contribution in [0, 0.1) is 6.92 Å². The van der Waals surface area contributed by atoms with Crippen LogP contribution in [0.15, 0.2) is 77.7 Å². The highest BCUT2D eigenvalue weighted by Gasteiger charge is 2.09. The number of ether oxygens (including phenoxy) is 1. The van der Waals surface area contributed by atoms with E-state index < -0.39 is 0 Å². The summed E-state index contributed by atoms with van der Waals surface area (Å²) in [6, 6.07) is 22.0. The molecule has 0 bridgehead atoms. The van der Waals surface area contributed by atoms with Gasteiger partial charge in [-0.3, -0.25) is 9.59 Å². The highest BCUT2D eigenvalue weighted by molar-refractivity contribution is 8.00. The number of rotatable bonds is 7. The van der Waals surface area contributed by atoms with Crippen LogP contribution in [0.2, 0.25) is 0 Å².